The van der Waals surface area contributed by atoms with Gasteiger partial charge < -0.3 is 14.8 Å². The number of aromatic amines is 1. The largest absolute Gasteiger partial charge is 0.361 e. The Labute approximate surface area is 170 Å². The summed E-state index contributed by atoms with van der Waals surface area (Å²) in [6.07, 6.45) is 2.04. The highest BCUT2D eigenvalue weighted by Gasteiger charge is 2.24. The van der Waals surface area contributed by atoms with Gasteiger partial charge in [0.15, 0.2) is 5.76 Å². The third-order valence-electron chi connectivity index (χ3n) is 5.31. The highest BCUT2D eigenvalue weighted by Crippen LogP contribution is 2.31. The van der Waals surface area contributed by atoms with Gasteiger partial charge in [-0.15, -0.1) is 0 Å². The van der Waals surface area contributed by atoms with Crippen LogP contribution in [0.5, 0.6) is 0 Å². The Kier molecular flexibility index (Phi) is 5.21. The quantitative estimate of drug-likeness (QED) is 0.481. The molecule has 2 heterocycles. The highest BCUT2D eigenvalue weighted by molar-refractivity contribution is 5.96. The van der Waals surface area contributed by atoms with E-state index < -0.39 is 0 Å². The number of carbonyl (C=O) groups excluding carboxylic acids is 1. The van der Waals surface area contributed by atoms with Crippen LogP contribution in [-0.4, -0.2) is 22.6 Å². The molecule has 0 saturated carbocycles. The van der Waals surface area contributed by atoms with Gasteiger partial charge in [0, 0.05) is 35.5 Å². The first-order valence-corrected chi connectivity index (χ1v) is 9.91. The van der Waals surface area contributed by atoms with Gasteiger partial charge in [-0.25, -0.2) is 0 Å². The molecule has 2 aromatic heterocycles. The van der Waals surface area contributed by atoms with Crippen LogP contribution < -0.4 is 5.32 Å². The molecule has 29 heavy (non-hydrogen) atoms. The molecule has 1 atom stereocenters. The van der Waals surface area contributed by atoms with Crippen LogP contribution in [-0.2, 0) is 0 Å². The number of aromatic nitrogens is 2. The molecule has 0 aliphatic rings. The monoisotopic (exact) mass is 387 g/mol. The number of benzene rings is 2. The van der Waals surface area contributed by atoms with Crippen molar-refractivity contribution in [2.75, 3.05) is 6.54 Å². The fourth-order valence-corrected chi connectivity index (χ4v) is 3.82. The number of carbonyl (C=O) groups is 1. The maximum absolute atomic E-state index is 13.0. The summed E-state index contributed by atoms with van der Waals surface area (Å²) in [5.41, 5.74) is 4.58. The van der Waals surface area contributed by atoms with Gasteiger partial charge in [0.25, 0.3) is 5.91 Å². The molecule has 1 amide bonds. The minimum absolute atomic E-state index is 0.0268. The number of hydrogen-bond donors (Lipinski definition) is 2. The van der Waals surface area contributed by atoms with E-state index in [0.717, 1.165) is 11.1 Å². The van der Waals surface area contributed by atoms with Crippen molar-refractivity contribution < 1.29 is 9.32 Å². The lowest BCUT2D eigenvalue weighted by molar-refractivity contribution is 0.0949. The Hall–Kier alpha value is -3.34. The van der Waals surface area contributed by atoms with E-state index in [1.54, 1.807) is 6.92 Å². The van der Waals surface area contributed by atoms with E-state index in [1.807, 2.05) is 50.4 Å². The SMILES string of the molecule is Cc1noc(C(C)C)c1C(=O)NCC(c1ccccc1)c1c[nH]c2ccccc12. The summed E-state index contributed by atoms with van der Waals surface area (Å²) in [6, 6.07) is 18.5. The molecule has 0 fully saturated rings. The van der Waals surface area contributed by atoms with Crippen molar-refractivity contribution in [2.24, 2.45) is 0 Å². The summed E-state index contributed by atoms with van der Waals surface area (Å²) in [6.45, 7) is 6.27. The highest BCUT2D eigenvalue weighted by atomic mass is 16.5. The molecule has 0 aliphatic heterocycles. The number of nitrogens with one attached hydrogen (secondary N) is 2. The average molecular weight is 387 g/mol. The van der Waals surface area contributed by atoms with Crippen molar-refractivity contribution in [1.82, 2.24) is 15.5 Å². The maximum Gasteiger partial charge on any atom is 0.256 e. The summed E-state index contributed by atoms with van der Waals surface area (Å²) in [5, 5.41) is 8.28. The van der Waals surface area contributed by atoms with Crippen LogP contribution in [0.1, 0.15) is 58.6 Å². The Morgan fingerprint density at radius 2 is 1.83 bits per heavy atom. The van der Waals surface area contributed by atoms with Gasteiger partial charge in [-0.3, -0.25) is 4.79 Å². The third-order valence-corrected chi connectivity index (χ3v) is 5.31. The number of para-hydroxylation sites is 1. The second-order valence-corrected chi connectivity index (χ2v) is 7.62. The zero-order valence-corrected chi connectivity index (χ0v) is 16.9. The zero-order chi connectivity index (χ0) is 20.4. The summed E-state index contributed by atoms with van der Waals surface area (Å²) >= 11 is 0. The fraction of sp³-hybridized carbons (Fsp3) is 0.250. The number of H-pyrrole nitrogens is 1. The Balaban J connectivity index is 1.65. The molecule has 0 bridgehead atoms. The van der Waals surface area contributed by atoms with E-state index in [-0.39, 0.29) is 17.7 Å². The molecule has 0 spiro atoms. The number of rotatable bonds is 6. The minimum atomic E-state index is -0.145. The summed E-state index contributed by atoms with van der Waals surface area (Å²) in [5.74, 6) is 0.603. The maximum atomic E-state index is 13.0. The van der Waals surface area contributed by atoms with Gasteiger partial charge in [0.1, 0.15) is 5.56 Å². The minimum Gasteiger partial charge on any atom is -0.361 e. The molecule has 4 rings (SSSR count). The fourth-order valence-electron chi connectivity index (χ4n) is 3.82. The second kappa shape index (κ2) is 7.95. The average Bonchev–Trinajstić information content (AvgIpc) is 3.33. The zero-order valence-electron chi connectivity index (χ0n) is 16.9. The van der Waals surface area contributed by atoms with Crippen LogP contribution in [0.15, 0.2) is 65.3 Å². The molecule has 0 aliphatic carbocycles. The number of aryl methyl sites for hydroxylation is 1. The van der Waals surface area contributed by atoms with E-state index in [0.29, 0.717) is 23.6 Å². The van der Waals surface area contributed by atoms with Gasteiger partial charge in [0.05, 0.1) is 5.69 Å². The molecular weight excluding hydrogens is 362 g/mol. The van der Waals surface area contributed by atoms with Crippen molar-refractivity contribution >= 4 is 16.8 Å². The van der Waals surface area contributed by atoms with E-state index >= 15 is 0 Å². The molecular formula is C24H25N3O2. The summed E-state index contributed by atoms with van der Waals surface area (Å²) in [4.78, 5) is 16.4. The Morgan fingerprint density at radius 1 is 1.10 bits per heavy atom. The molecule has 1 unspecified atom stereocenters. The molecule has 5 heteroatoms. The van der Waals surface area contributed by atoms with Crippen molar-refractivity contribution in [3.63, 3.8) is 0 Å². The van der Waals surface area contributed by atoms with E-state index in [4.69, 9.17) is 4.52 Å². The van der Waals surface area contributed by atoms with Crippen LogP contribution in [0.3, 0.4) is 0 Å². The second-order valence-electron chi connectivity index (χ2n) is 7.62. The van der Waals surface area contributed by atoms with Crippen molar-refractivity contribution in [2.45, 2.75) is 32.6 Å². The van der Waals surface area contributed by atoms with Gasteiger partial charge in [-0.2, -0.15) is 0 Å². The topological polar surface area (TPSA) is 70.9 Å². The van der Waals surface area contributed by atoms with Crippen LogP contribution in [0.4, 0.5) is 0 Å². The van der Waals surface area contributed by atoms with Gasteiger partial charge >= 0.3 is 0 Å². The molecule has 148 valence electrons. The van der Waals surface area contributed by atoms with Gasteiger partial charge in [0.2, 0.25) is 0 Å². The third kappa shape index (κ3) is 3.68. The number of amides is 1. The lowest BCUT2D eigenvalue weighted by atomic mass is 9.90. The molecule has 4 aromatic rings. The standard InChI is InChI=1S/C24H25N3O2/c1-15(2)23-22(16(3)27-29-23)24(28)26-13-19(17-9-5-4-6-10-17)20-14-25-21-12-8-7-11-18(20)21/h4-12,14-15,19,25H,13H2,1-3H3,(H,26,28). The number of nitrogens with zero attached hydrogens (tertiary/aromatic N) is 1. The van der Waals surface area contributed by atoms with Crippen molar-refractivity contribution in [3.8, 4) is 0 Å². The summed E-state index contributed by atoms with van der Waals surface area (Å²) in [7, 11) is 0. The van der Waals surface area contributed by atoms with Crippen molar-refractivity contribution in [1.29, 1.82) is 0 Å². The van der Waals surface area contributed by atoms with Crippen LogP contribution in [0, 0.1) is 6.92 Å². The number of hydrogen-bond acceptors (Lipinski definition) is 3. The Morgan fingerprint density at radius 3 is 2.59 bits per heavy atom. The smallest absolute Gasteiger partial charge is 0.256 e. The van der Waals surface area contributed by atoms with Crippen LogP contribution in [0.2, 0.25) is 0 Å². The predicted molar refractivity (Wildman–Crippen MR) is 114 cm³/mol. The lowest BCUT2D eigenvalue weighted by Gasteiger charge is -2.18. The van der Waals surface area contributed by atoms with Crippen molar-refractivity contribution in [3.05, 3.63) is 88.9 Å². The first kappa shape index (κ1) is 19.0. The molecule has 0 radical (unpaired) electrons. The molecule has 2 aromatic carbocycles. The van der Waals surface area contributed by atoms with E-state index in [9.17, 15) is 4.79 Å². The molecule has 2 N–H and O–H groups in total. The number of fused-ring (bicyclic) bond motifs is 1. The predicted octanol–water partition coefficient (Wildman–Crippen LogP) is 5.15. The summed E-state index contributed by atoms with van der Waals surface area (Å²) < 4.78 is 5.38. The van der Waals surface area contributed by atoms with Gasteiger partial charge in [-0.05, 0) is 24.1 Å². The first-order valence-electron chi connectivity index (χ1n) is 9.91. The molecule has 5 nitrogen and oxygen atoms in total. The lowest BCUT2D eigenvalue weighted by Crippen LogP contribution is -2.30. The Bertz CT molecular complexity index is 1130. The van der Waals surface area contributed by atoms with Crippen LogP contribution >= 0.6 is 0 Å². The van der Waals surface area contributed by atoms with Crippen LogP contribution in [0.25, 0.3) is 10.9 Å². The van der Waals surface area contributed by atoms with Gasteiger partial charge in [-0.1, -0.05) is 67.5 Å². The van der Waals surface area contributed by atoms with E-state index in [2.05, 4.69) is 39.7 Å². The molecule has 0 saturated heterocycles. The van der Waals surface area contributed by atoms with E-state index in [1.165, 1.54) is 10.9 Å². The normalized spacial score (nSPS) is 12.4. The first-order chi connectivity index (χ1) is 14.1.